The van der Waals surface area contributed by atoms with Crippen molar-refractivity contribution in [1.29, 1.82) is 0 Å². The fourth-order valence-electron chi connectivity index (χ4n) is 1.51. The summed E-state index contributed by atoms with van der Waals surface area (Å²) < 4.78 is 0. The summed E-state index contributed by atoms with van der Waals surface area (Å²) in [5, 5.41) is 9.22. The van der Waals surface area contributed by atoms with Crippen LogP contribution in [0.2, 0.25) is 0 Å². The van der Waals surface area contributed by atoms with E-state index in [1.165, 1.54) is 0 Å². The monoisotopic (exact) mass is 231 g/mol. The molecule has 6 nitrogen and oxygen atoms in total. The third-order valence-corrected chi connectivity index (χ3v) is 2.40. The highest BCUT2D eigenvalue weighted by atomic mass is 16.1. The first-order valence-electron chi connectivity index (χ1n) is 5.16. The minimum absolute atomic E-state index is 0.217. The summed E-state index contributed by atoms with van der Waals surface area (Å²) in [5.41, 5.74) is 7.64. The number of aromatic amines is 1. The second kappa shape index (κ2) is 4.65. The molecule has 88 valence electrons. The van der Waals surface area contributed by atoms with Gasteiger partial charge in [-0.3, -0.25) is 14.9 Å². The number of hydrogen-bond donors (Lipinski definition) is 3. The Hall–Kier alpha value is -2.37. The molecule has 0 unspecified atom stereocenters. The standard InChI is InChI=1S/C11H13N5O/c1-7-9(10(12)16-15-7)11(17)14-6-8-2-4-13-5-3-8/h2-5H,6H2,1H3,(H,14,17)(H3,12,15,16). The van der Waals surface area contributed by atoms with Crippen molar-refractivity contribution < 1.29 is 4.79 Å². The molecule has 0 aliphatic heterocycles. The molecule has 2 aromatic rings. The van der Waals surface area contributed by atoms with E-state index < -0.39 is 0 Å². The average Bonchev–Trinajstić information content (AvgIpc) is 2.67. The maximum absolute atomic E-state index is 11.9. The number of carbonyl (C=O) groups excluding carboxylic acids is 1. The number of anilines is 1. The van der Waals surface area contributed by atoms with Gasteiger partial charge in [0.25, 0.3) is 5.91 Å². The SMILES string of the molecule is Cc1[nH]nc(N)c1C(=O)NCc1ccncc1. The molecular formula is C11H13N5O. The summed E-state index contributed by atoms with van der Waals surface area (Å²) in [5.74, 6) is -0.0136. The predicted molar refractivity (Wildman–Crippen MR) is 63.1 cm³/mol. The molecule has 0 spiro atoms. The van der Waals surface area contributed by atoms with Crippen LogP contribution in [0.5, 0.6) is 0 Å². The highest BCUT2D eigenvalue weighted by Gasteiger charge is 2.15. The lowest BCUT2D eigenvalue weighted by Crippen LogP contribution is -2.24. The number of nitrogens with one attached hydrogen (secondary N) is 2. The van der Waals surface area contributed by atoms with Gasteiger partial charge in [-0.05, 0) is 24.6 Å². The Balaban J connectivity index is 2.04. The minimum Gasteiger partial charge on any atom is -0.382 e. The fourth-order valence-corrected chi connectivity index (χ4v) is 1.51. The van der Waals surface area contributed by atoms with E-state index in [-0.39, 0.29) is 11.7 Å². The van der Waals surface area contributed by atoms with E-state index in [1.807, 2.05) is 12.1 Å². The van der Waals surface area contributed by atoms with Gasteiger partial charge in [0.15, 0.2) is 5.82 Å². The van der Waals surface area contributed by atoms with Crippen molar-refractivity contribution in [3.63, 3.8) is 0 Å². The van der Waals surface area contributed by atoms with Crippen molar-refractivity contribution >= 4 is 11.7 Å². The number of amides is 1. The van der Waals surface area contributed by atoms with E-state index in [2.05, 4.69) is 20.5 Å². The number of H-pyrrole nitrogens is 1. The van der Waals surface area contributed by atoms with Gasteiger partial charge in [0.2, 0.25) is 0 Å². The molecule has 0 fully saturated rings. The summed E-state index contributed by atoms with van der Waals surface area (Å²) >= 11 is 0. The first-order valence-corrected chi connectivity index (χ1v) is 5.16. The zero-order valence-electron chi connectivity index (χ0n) is 9.40. The number of carbonyl (C=O) groups is 1. The number of hydrogen-bond acceptors (Lipinski definition) is 4. The predicted octanol–water partition coefficient (Wildman–Crippen LogP) is 0.625. The molecule has 6 heteroatoms. The van der Waals surface area contributed by atoms with Gasteiger partial charge in [-0.15, -0.1) is 0 Å². The van der Waals surface area contributed by atoms with Crippen molar-refractivity contribution in [2.24, 2.45) is 0 Å². The Morgan fingerprint density at radius 1 is 1.47 bits per heavy atom. The lowest BCUT2D eigenvalue weighted by molar-refractivity contribution is 0.0951. The molecule has 2 rings (SSSR count). The molecule has 0 saturated carbocycles. The van der Waals surface area contributed by atoms with Gasteiger partial charge in [0.05, 0.1) is 0 Å². The second-order valence-electron chi connectivity index (χ2n) is 3.65. The van der Waals surface area contributed by atoms with Crippen molar-refractivity contribution in [2.75, 3.05) is 5.73 Å². The van der Waals surface area contributed by atoms with Crippen LogP contribution in [0.3, 0.4) is 0 Å². The summed E-state index contributed by atoms with van der Waals surface area (Å²) in [6.07, 6.45) is 3.36. The van der Waals surface area contributed by atoms with E-state index in [1.54, 1.807) is 19.3 Å². The van der Waals surface area contributed by atoms with E-state index in [0.29, 0.717) is 17.8 Å². The number of nitrogen functional groups attached to an aromatic ring is 1. The van der Waals surface area contributed by atoms with Gasteiger partial charge in [0.1, 0.15) is 5.56 Å². The maximum Gasteiger partial charge on any atom is 0.257 e. The normalized spacial score (nSPS) is 10.2. The molecule has 0 saturated heterocycles. The zero-order valence-corrected chi connectivity index (χ0v) is 9.40. The Morgan fingerprint density at radius 2 is 2.18 bits per heavy atom. The number of nitrogens with two attached hydrogens (primary N) is 1. The lowest BCUT2D eigenvalue weighted by Gasteiger charge is -2.04. The number of pyridine rings is 1. The molecule has 17 heavy (non-hydrogen) atoms. The molecule has 0 aliphatic rings. The first kappa shape index (κ1) is 11.1. The van der Waals surface area contributed by atoms with Crippen LogP contribution in [0.4, 0.5) is 5.82 Å². The maximum atomic E-state index is 11.9. The molecule has 2 aromatic heterocycles. The van der Waals surface area contributed by atoms with Crippen LogP contribution in [0.1, 0.15) is 21.6 Å². The third kappa shape index (κ3) is 2.41. The van der Waals surface area contributed by atoms with Crippen molar-refractivity contribution in [3.8, 4) is 0 Å². The van der Waals surface area contributed by atoms with Gasteiger partial charge >= 0.3 is 0 Å². The third-order valence-electron chi connectivity index (χ3n) is 2.40. The molecule has 4 N–H and O–H groups in total. The van der Waals surface area contributed by atoms with Crippen LogP contribution in [0.15, 0.2) is 24.5 Å². The van der Waals surface area contributed by atoms with Gasteiger partial charge in [0, 0.05) is 24.6 Å². The zero-order chi connectivity index (χ0) is 12.3. The van der Waals surface area contributed by atoms with Crippen LogP contribution < -0.4 is 11.1 Å². The molecule has 2 heterocycles. The largest absolute Gasteiger partial charge is 0.382 e. The van der Waals surface area contributed by atoms with E-state index in [9.17, 15) is 4.79 Å². The molecule has 1 amide bonds. The molecule has 0 aromatic carbocycles. The Kier molecular flexibility index (Phi) is 3.04. The summed E-state index contributed by atoms with van der Waals surface area (Å²) in [6.45, 7) is 2.19. The van der Waals surface area contributed by atoms with Crippen LogP contribution in [-0.4, -0.2) is 21.1 Å². The average molecular weight is 231 g/mol. The topological polar surface area (TPSA) is 96.7 Å². The van der Waals surface area contributed by atoms with Crippen molar-refractivity contribution in [1.82, 2.24) is 20.5 Å². The second-order valence-corrected chi connectivity index (χ2v) is 3.65. The quantitative estimate of drug-likeness (QED) is 0.721. The van der Waals surface area contributed by atoms with E-state index in [4.69, 9.17) is 5.73 Å². The van der Waals surface area contributed by atoms with Crippen LogP contribution in [0.25, 0.3) is 0 Å². The number of rotatable bonds is 3. The fraction of sp³-hybridized carbons (Fsp3) is 0.182. The van der Waals surface area contributed by atoms with E-state index >= 15 is 0 Å². The minimum atomic E-state index is -0.231. The first-order chi connectivity index (χ1) is 8.18. The van der Waals surface area contributed by atoms with E-state index in [0.717, 1.165) is 5.56 Å². The summed E-state index contributed by atoms with van der Waals surface area (Å²) in [7, 11) is 0. The molecule has 0 aliphatic carbocycles. The van der Waals surface area contributed by atoms with Crippen LogP contribution >= 0.6 is 0 Å². The van der Waals surface area contributed by atoms with Crippen LogP contribution in [0, 0.1) is 6.92 Å². The van der Waals surface area contributed by atoms with Crippen molar-refractivity contribution in [3.05, 3.63) is 41.3 Å². The smallest absolute Gasteiger partial charge is 0.257 e. The molecule has 0 atom stereocenters. The Labute approximate surface area is 98.3 Å². The van der Waals surface area contributed by atoms with Crippen LogP contribution in [-0.2, 0) is 6.54 Å². The number of nitrogens with zero attached hydrogens (tertiary/aromatic N) is 2. The Morgan fingerprint density at radius 3 is 2.76 bits per heavy atom. The Bertz CT molecular complexity index is 500. The van der Waals surface area contributed by atoms with Gasteiger partial charge in [-0.25, -0.2) is 0 Å². The molecule has 0 bridgehead atoms. The number of aryl methyl sites for hydroxylation is 1. The summed E-state index contributed by atoms with van der Waals surface area (Å²) in [6, 6.07) is 3.68. The lowest BCUT2D eigenvalue weighted by atomic mass is 10.2. The van der Waals surface area contributed by atoms with Gasteiger partial charge in [-0.2, -0.15) is 5.10 Å². The summed E-state index contributed by atoms with van der Waals surface area (Å²) in [4.78, 5) is 15.8. The van der Waals surface area contributed by atoms with Gasteiger partial charge in [-0.1, -0.05) is 0 Å². The highest BCUT2D eigenvalue weighted by Crippen LogP contribution is 2.11. The molecule has 0 radical (unpaired) electrons. The molecular weight excluding hydrogens is 218 g/mol. The van der Waals surface area contributed by atoms with Gasteiger partial charge < -0.3 is 11.1 Å². The van der Waals surface area contributed by atoms with Crippen molar-refractivity contribution in [2.45, 2.75) is 13.5 Å². The highest BCUT2D eigenvalue weighted by molar-refractivity contribution is 5.99. The number of aromatic nitrogens is 3.